The van der Waals surface area contributed by atoms with Crippen LogP contribution in [-0.2, 0) is 19.2 Å². The summed E-state index contributed by atoms with van der Waals surface area (Å²) in [6.07, 6.45) is -1.49. The van der Waals surface area contributed by atoms with Crippen LogP contribution in [0.4, 0.5) is 9.59 Å². The summed E-state index contributed by atoms with van der Waals surface area (Å²) in [6.45, 7) is 0. The van der Waals surface area contributed by atoms with Gasteiger partial charge in [-0.2, -0.15) is 0 Å². The van der Waals surface area contributed by atoms with Crippen molar-refractivity contribution in [3.8, 4) is 0 Å². The summed E-state index contributed by atoms with van der Waals surface area (Å²) in [6, 6.07) is 8.44. The lowest BCUT2D eigenvalue weighted by Gasteiger charge is -2.27. The van der Waals surface area contributed by atoms with Gasteiger partial charge in [-0.1, -0.05) is 60.7 Å². The highest BCUT2D eigenvalue weighted by molar-refractivity contribution is 6.02. The van der Waals surface area contributed by atoms with Crippen molar-refractivity contribution < 1.29 is 39.0 Å². The minimum atomic E-state index is -1.76. The molecule has 2 unspecified atom stereocenters. The number of carboxylic acids is 2. The molecule has 0 spiro atoms. The fraction of sp³-hybridized carbons (Fsp3) is 0.182. The van der Waals surface area contributed by atoms with Crippen molar-refractivity contribution in [2.75, 3.05) is 0 Å². The SMILES string of the molecule is NC(=O)N(C(=O)CCC(=O)N(C(N)=O)C(C(=O)O)c1ccccc1)C(C(=O)O)c1ccccc1. The molecular formula is C22H22N4O8. The second kappa shape index (κ2) is 11.2. The number of nitrogens with zero attached hydrogens (tertiary/aromatic N) is 2. The molecule has 0 heterocycles. The number of carboxylic acid groups (broad SMARTS) is 2. The summed E-state index contributed by atoms with van der Waals surface area (Å²) in [7, 11) is 0. The molecule has 0 bridgehead atoms. The molecule has 0 aliphatic rings. The van der Waals surface area contributed by atoms with Gasteiger partial charge in [0.25, 0.3) is 0 Å². The van der Waals surface area contributed by atoms with E-state index in [-0.39, 0.29) is 20.9 Å². The van der Waals surface area contributed by atoms with E-state index in [0.29, 0.717) is 0 Å². The second-order valence-corrected chi connectivity index (χ2v) is 7.01. The normalized spacial score (nSPS) is 12.1. The van der Waals surface area contributed by atoms with Crippen LogP contribution in [0.15, 0.2) is 60.7 Å². The third kappa shape index (κ3) is 5.94. The predicted octanol–water partition coefficient (Wildman–Crippen LogP) is 1.23. The lowest BCUT2D eigenvalue weighted by molar-refractivity contribution is -0.149. The van der Waals surface area contributed by atoms with Gasteiger partial charge in [0.2, 0.25) is 11.8 Å². The number of nitrogens with two attached hydrogens (primary N) is 2. The number of amides is 6. The molecule has 178 valence electrons. The molecule has 0 fully saturated rings. The van der Waals surface area contributed by atoms with Gasteiger partial charge in [-0.05, 0) is 11.1 Å². The Balaban J connectivity index is 2.27. The van der Waals surface area contributed by atoms with E-state index in [9.17, 15) is 39.0 Å². The van der Waals surface area contributed by atoms with E-state index < -0.39 is 60.7 Å². The maximum atomic E-state index is 12.7. The van der Waals surface area contributed by atoms with Gasteiger partial charge in [0.1, 0.15) is 0 Å². The number of carbonyl (C=O) groups excluding carboxylic acids is 4. The lowest BCUT2D eigenvalue weighted by Crippen LogP contribution is -2.48. The third-order valence-corrected chi connectivity index (χ3v) is 4.78. The summed E-state index contributed by atoms with van der Waals surface area (Å²) >= 11 is 0. The van der Waals surface area contributed by atoms with Crippen molar-refractivity contribution in [1.29, 1.82) is 0 Å². The molecule has 34 heavy (non-hydrogen) atoms. The number of urea groups is 2. The Morgan fingerprint density at radius 3 is 1.15 bits per heavy atom. The van der Waals surface area contributed by atoms with Crippen LogP contribution in [-0.4, -0.2) is 55.8 Å². The molecule has 12 heteroatoms. The van der Waals surface area contributed by atoms with E-state index >= 15 is 0 Å². The van der Waals surface area contributed by atoms with E-state index in [0.717, 1.165) is 0 Å². The monoisotopic (exact) mass is 470 g/mol. The molecule has 0 saturated heterocycles. The van der Waals surface area contributed by atoms with Crippen LogP contribution in [0.25, 0.3) is 0 Å². The Bertz CT molecular complexity index is 1000. The van der Waals surface area contributed by atoms with Crippen LogP contribution >= 0.6 is 0 Å². The molecule has 6 N–H and O–H groups in total. The van der Waals surface area contributed by atoms with Crippen LogP contribution < -0.4 is 11.5 Å². The molecule has 12 nitrogen and oxygen atoms in total. The van der Waals surface area contributed by atoms with E-state index in [4.69, 9.17) is 11.5 Å². The highest BCUT2D eigenvalue weighted by atomic mass is 16.4. The first-order valence-electron chi connectivity index (χ1n) is 9.84. The van der Waals surface area contributed by atoms with Crippen molar-refractivity contribution in [2.24, 2.45) is 11.5 Å². The lowest BCUT2D eigenvalue weighted by atomic mass is 10.0. The first kappa shape index (κ1) is 25.5. The average molecular weight is 470 g/mol. The van der Waals surface area contributed by atoms with Crippen LogP contribution in [0.1, 0.15) is 36.1 Å². The van der Waals surface area contributed by atoms with Crippen molar-refractivity contribution in [1.82, 2.24) is 9.80 Å². The topological polar surface area (TPSA) is 201 Å². The molecule has 2 aromatic carbocycles. The van der Waals surface area contributed by atoms with Crippen molar-refractivity contribution >= 4 is 35.8 Å². The maximum Gasteiger partial charge on any atom is 0.331 e. The van der Waals surface area contributed by atoms with Gasteiger partial charge in [-0.15, -0.1) is 0 Å². The molecule has 0 radical (unpaired) electrons. The Kier molecular flexibility index (Phi) is 8.42. The Morgan fingerprint density at radius 1 is 0.618 bits per heavy atom. The molecular weight excluding hydrogens is 448 g/mol. The van der Waals surface area contributed by atoms with Crippen molar-refractivity contribution in [2.45, 2.75) is 24.9 Å². The molecule has 0 saturated carbocycles. The van der Waals surface area contributed by atoms with Crippen molar-refractivity contribution in [3.63, 3.8) is 0 Å². The van der Waals surface area contributed by atoms with Gasteiger partial charge in [-0.25, -0.2) is 29.0 Å². The third-order valence-electron chi connectivity index (χ3n) is 4.78. The second-order valence-electron chi connectivity index (χ2n) is 7.01. The fourth-order valence-corrected chi connectivity index (χ4v) is 3.32. The van der Waals surface area contributed by atoms with Crippen LogP contribution in [0.2, 0.25) is 0 Å². The van der Waals surface area contributed by atoms with Gasteiger partial charge < -0.3 is 21.7 Å². The zero-order valence-electron chi connectivity index (χ0n) is 17.7. The molecule has 2 rings (SSSR count). The smallest absolute Gasteiger partial charge is 0.331 e. The Labute approximate surface area is 193 Å². The Morgan fingerprint density at radius 2 is 0.912 bits per heavy atom. The number of rotatable bonds is 9. The van der Waals surface area contributed by atoms with Crippen molar-refractivity contribution in [3.05, 3.63) is 71.8 Å². The number of aliphatic carboxylic acids is 2. The van der Waals surface area contributed by atoms with E-state index in [1.807, 2.05) is 0 Å². The van der Waals surface area contributed by atoms with E-state index in [1.165, 1.54) is 48.5 Å². The summed E-state index contributed by atoms with van der Waals surface area (Å²) < 4.78 is 0. The fourth-order valence-electron chi connectivity index (χ4n) is 3.32. The molecule has 2 atom stereocenters. The first-order chi connectivity index (χ1) is 16.1. The predicted molar refractivity (Wildman–Crippen MR) is 116 cm³/mol. The zero-order chi connectivity index (χ0) is 25.4. The van der Waals surface area contributed by atoms with Crippen LogP contribution in [0.5, 0.6) is 0 Å². The molecule has 6 amide bonds. The van der Waals surface area contributed by atoms with Gasteiger partial charge in [0, 0.05) is 12.8 Å². The summed E-state index contributed by atoms with van der Waals surface area (Å²) in [4.78, 5) is 73.5. The number of hydrogen-bond acceptors (Lipinski definition) is 6. The van der Waals surface area contributed by atoms with Gasteiger partial charge in [-0.3, -0.25) is 9.59 Å². The number of primary amides is 2. The molecule has 0 aliphatic carbocycles. The van der Waals surface area contributed by atoms with Crippen LogP contribution in [0.3, 0.4) is 0 Å². The van der Waals surface area contributed by atoms with Gasteiger partial charge in [0.15, 0.2) is 12.1 Å². The Hall–Kier alpha value is -4.74. The van der Waals surface area contributed by atoms with Gasteiger partial charge in [0.05, 0.1) is 0 Å². The maximum absolute atomic E-state index is 12.7. The number of imide groups is 2. The molecule has 0 aromatic heterocycles. The number of hydrogen-bond donors (Lipinski definition) is 4. The minimum Gasteiger partial charge on any atom is -0.479 e. The highest BCUT2D eigenvalue weighted by Gasteiger charge is 2.37. The summed E-state index contributed by atoms with van der Waals surface area (Å²) in [5, 5.41) is 19.2. The largest absolute Gasteiger partial charge is 0.479 e. The van der Waals surface area contributed by atoms with Crippen LogP contribution in [0, 0.1) is 0 Å². The quantitative estimate of drug-likeness (QED) is 0.419. The van der Waals surface area contributed by atoms with Gasteiger partial charge >= 0.3 is 24.0 Å². The number of benzene rings is 2. The first-order valence-corrected chi connectivity index (χ1v) is 9.84. The summed E-state index contributed by atoms with van der Waals surface area (Å²) in [5.41, 5.74) is 10.7. The highest BCUT2D eigenvalue weighted by Crippen LogP contribution is 2.24. The standard InChI is InChI=1S/C22H22N4O8/c23-21(33)25(17(19(29)30)13-7-3-1-4-8-13)15(27)11-12-16(28)26(22(24)34)18(20(31)32)14-9-5-2-6-10-14/h1-10,17-18H,11-12H2,(H2,23,33)(H2,24,34)(H,29,30)(H,31,32). The molecule has 2 aromatic rings. The average Bonchev–Trinajstić information content (AvgIpc) is 2.79. The van der Waals surface area contributed by atoms with E-state index in [2.05, 4.69) is 0 Å². The molecule has 0 aliphatic heterocycles. The minimum absolute atomic E-state index is 0.0854. The zero-order valence-corrected chi connectivity index (χ0v) is 17.7. The number of carbonyl (C=O) groups is 6. The van der Waals surface area contributed by atoms with E-state index in [1.54, 1.807) is 12.1 Å². The summed E-state index contributed by atoms with van der Waals surface area (Å²) in [5.74, 6) is -5.32.